The highest BCUT2D eigenvalue weighted by Gasteiger charge is 2.11. The zero-order valence-electron chi connectivity index (χ0n) is 11.4. The van der Waals surface area contributed by atoms with Crippen molar-refractivity contribution in [3.05, 3.63) is 54.1 Å². The number of aromatic nitrogens is 2. The quantitative estimate of drug-likeness (QED) is 0.569. The van der Waals surface area contributed by atoms with Gasteiger partial charge in [-0.3, -0.25) is 0 Å². The highest BCUT2D eigenvalue weighted by molar-refractivity contribution is 5.86. The van der Waals surface area contributed by atoms with Crippen LogP contribution in [0.25, 0.3) is 33.6 Å². The zero-order valence-corrected chi connectivity index (χ0v) is 11.4. The highest BCUT2D eigenvalue weighted by Crippen LogP contribution is 2.28. The van der Waals surface area contributed by atoms with Gasteiger partial charge in [0, 0.05) is 5.39 Å². The Balaban J connectivity index is 1.93. The van der Waals surface area contributed by atoms with E-state index in [1.807, 2.05) is 43.3 Å². The summed E-state index contributed by atoms with van der Waals surface area (Å²) in [4.78, 5) is 8.91. The van der Waals surface area contributed by atoms with Crippen molar-refractivity contribution in [2.24, 2.45) is 0 Å². The van der Waals surface area contributed by atoms with Gasteiger partial charge >= 0.3 is 0 Å². The Morgan fingerprint density at radius 3 is 2.81 bits per heavy atom. The molecule has 102 valence electrons. The van der Waals surface area contributed by atoms with E-state index < -0.39 is 0 Å². The molecule has 0 unspecified atom stereocenters. The van der Waals surface area contributed by atoms with Gasteiger partial charge in [-0.15, -0.1) is 0 Å². The number of para-hydroxylation sites is 1. The Hall–Kier alpha value is -2.88. The summed E-state index contributed by atoms with van der Waals surface area (Å²) in [6, 6.07) is 14.9. The molecule has 2 aromatic carbocycles. The molecule has 0 fully saturated rings. The predicted molar refractivity (Wildman–Crippen MR) is 81.1 cm³/mol. The maximum absolute atomic E-state index is 9.91. The van der Waals surface area contributed by atoms with E-state index in [1.165, 1.54) is 0 Å². The Labute approximate surface area is 120 Å². The van der Waals surface area contributed by atoms with Crippen molar-refractivity contribution in [1.82, 2.24) is 9.97 Å². The minimum atomic E-state index is 0.154. The molecule has 0 spiro atoms. The summed E-state index contributed by atoms with van der Waals surface area (Å²) in [5.41, 5.74) is 3.82. The van der Waals surface area contributed by atoms with E-state index in [-0.39, 0.29) is 5.75 Å². The number of pyridine rings is 1. The van der Waals surface area contributed by atoms with Gasteiger partial charge in [-0.05, 0) is 36.8 Å². The lowest BCUT2D eigenvalue weighted by atomic mass is 10.2. The third-order valence-corrected chi connectivity index (χ3v) is 3.46. The van der Waals surface area contributed by atoms with E-state index in [0.29, 0.717) is 17.1 Å². The van der Waals surface area contributed by atoms with Crippen LogP contribution in [-0.4, -0.2) is 15.1 Å². The number of aromatic hydroxyl groups is 1. The predicted octanol–water partition coefficient (Wildman–Crippen LogP) is 4.06. The van der Waals surface area contributed by atoms with Crippen molar-refractivity contribution in [3.8, 4) is 17.3 Å². The molecule has 2 aromatic heterocycles. The second-order valence-electron chi connectivity index (χ2n) is 5.04. The first kappa shape index (κ1) is 11.9. The fraction of sp³-hybridized carbons (Fsp3) is 0.0588. The summed E-state index contributed by atoms with van der Waals surface area (Å²) in [6.45, 7) is 2.01. The average molecular weight is 276 g/mol. The summed E-state index contributed by atoms with van der Waals surface area (Å²) in [6.07, 6.45) is 0. The number of nitrogens with zero attached hydrogens (tertiary/aromatic N) is 2. The summed E-state index contributed by atoms with van der Waals surface area (Å²) in [5.74, 6) is 0.613. The third kappa shape index (κ3) is 1.92. The number of rotatable bonds is 1. The molecule has 4 heteroatoms. The molecule has 0 atom stereocenters. The minimum absolute atomic E-state index is 0.154. The molecule has 21 heavy (non-hydrogen) atoms. The first-order chi connectivity index (χ1) is 10.2. The van der Waals surface area contributed by atoms with E-state index in [4.69, 9.17) is 4.42 Å². The SMILES string of the molecule is Cc1ccc2nc(-c3ccc4cccc(O)c4n3)oc2c1. The lowest BCUT2D eigenvalue weighted by Gasteiger charge is -2.01. The third-order valence-electron chi connectivity index (χ3n) is 3.46. The van der Waals surface area contributed by atoms with Gasteiger partial charge in [-0.2, -0.15) is 0 Å². The van der Waals surface area contributed by atoms with E-state index in [1.54, 1.807) is 12.1 Å². The summed E-state index contributed by atoms with van der Waals surface area (Å²) in [7, 11) is 0. The topological polar surface area (TPSA) is 59.2 Å². The van der Waals surface area contributed by atoms with Crippen LogP contribution in [-0.2, 0) is 0 Å². The van der Waals surface area contributed by atoms with Crippen LogP contribution in [0.3, 0.4) is 0 Å². The lowest BCUT2D eigenvalue weighted by Crippen LogP contribution is -1.85. The van der Waals surface area contributed by atoms with Gasteiger partial charge in [0.15, 0.2) is 5.58 Å². The highest BCUT2D eigenvalue weighted by atomic mass is 16.3. The first-order valence-corrected chi connectivity index (χ1v) is 6.67. The molecule has 0 aliphatic carbocycles. The maximum Gasteiger partial charge on any atom is 0.246 e. The smallest absolute Gasteiger partial charge is 0.246 e. The monoisotopic (exact) mass is 276 g/mol. The fourth-order valence-electron chi connectivity index (χ4n) is 2.39. The number of phenolic OH excluding ortho intramolecular Hbond substituents is 1. The Kier molecular flexibility index (Phi) is 2.44. The number of aryl methyl sites for hydroxylation is 1. The van der Waals surface area contributed by atoms with E-state index >= 15 is 0 Å². The maximum atomic E-state index is 9.91. The van der Waals surface area contributed by atoms with E-state index in [9.17, 15) is 5.11 Å². The van der Waals surface area contributed by atoms with Crippen LogP contribution < -0.4 is 0 Å². The fourth-order valence-corrected chi connectivity index (χ4v) is 2.39. The molecule has 4 aromatic rings. The molecular weight excluding hydrogens is 264 g/mol. The molecular formula is C17H12N2O2. The van der Waals surface area contributed by atoms with Crippen LogP contribution in [0.4, 0.5) is 0 Å². The minimum Gasteiger partial charge on any atom is -0.506 e. The van der Waals surface area contributed by atoms with Crippen LogP contribution in [0.15, 0.2) is 52.9 Å². The van der Waals surface area contributed by atoms with Crippen molar-refractivity contribution in [1.29, 1.82) is 0 Å². The molecule has 0 radical (unpaired) electrons. The Morgan fingerprint density at radius 1 is 1.00 bits per heavy atom. The van der Waals surface area contributed by atoms with E-state index in [0.717, 1.165) is 22.0 Å². The molecule has 2 heterocycles. The van der Waals surface area contributed by atoms with Crippen molar-refractivity contribution >= 4 is 22.0 Å². The summed E-state index contributed by atoms with van der Waals surface area (Å²) < 4.78 is 5.77. The molecule has 0 bridgehead atoms. The van der Waals surface area contributed by atoms with Crippen molar-refractivity contribution in [2.45, 2.75) is 6.92 Å². The van der Waals surface area contributed by atoms with Crippen LogP contribution in [0.2, 0.25) is 0 Å². The first-order valence-electron chi connectivity index (χ1n) is 6.67. The van der Waals surface area contributed by atoms with Gasteiger partial charge in [-0.25, -0.2) is 9.97 Å². The number of phenols is 1. The van der Waals surface area contributed by atoms with Crippen LogP contribution >= 0.6 is 0 Å². The van der Waals surface area contributed by atoms with Gasteiger partial charge in [0.2, 0.25) is 5.89 Å². The van der Waals surface area contributed by atoms with Gasteiger partial charge in [0.1, 0.15) is 22.5 Å². The zero-order chi connectivity index (χ0) is 14.4. The number of hydrogen-bond donors (Lipinski definition) is 1. The van der Waals surface area contributed by atoms with Gasteiger partial charge in [0.05, 0.1) is 0 Å². The second kappa shape index (κ2) is 4.31. The van der Waals surface area contributed by atoms with Crippen LogP contribution in [0.5, 0.6) is 5.75 Å². The summed E-state index contributed by atoms with van der Waals surface area (Å²) >= 11 is 0. The van der Waals surface area contributed by atoms with Gasteiger partial charge < -0.3 is 9.52 Å². The number of fused-ring (bicyclic) bond motifs is 2. The molecule has 0 saturated heterocycles. The number of oxazole rings is 1. The largest absolute Gasteiger partial charge is 0.506 e. The van der Waals surface area contributed by atoms with Crippen molar-refractivity contribution in [2.75, 3.05) is 0 Å². The van der Waals surface area contributed by atoms with Gasteiger partial charge in [-0.1, -0.05) is 24.3 Å². The molecule has 0 aliphatic heterocycles. The lowest BCUT2D eigenvalue weighted by molar-refractivity contribution is 0.480. The molecule has 1 N–H and O–H groups in total. The van der Waals surface area contributed by atoms with Crippen LogP contribution in [0, 0.1) is 6.92 Å². The van der Waals surface area contributed by atoms with Crippen molar-refractivity contribution < 1.29 is 9.52 Å². The number of hydrogen-bond acceptors (Lipinski definition) is 4. The Morgan fingerprint density at radius 2 is 1.90 bits per heavy atom. The van der Waals surface area contributed by atoms with Gasteiger partial charge in [0.25, 0.3) is 0 Å². The molecule has 0 aliphatic rings. The van der Waals surface area contributed by atoms with E-state index in [2.05, 4.69) is 9.97 Å². The molecule has 0 amide bonds. The average Bonchev–Trinajstić information content (AvgIpc) is 2.90. The van der Waals surface area contributed by atoms with Crippen molar-refractivity contribution in [3.63, 3.8) is 0 Å². The molecule has 0 saturated carbocycles. The summed E-state index contributed by atoms with van der Waals surface area (Å²) in [5, 5.41) is 10.8. The molecule has 4 rings (SSSR count). The van der Waals surface area contributed by atoms with Crippen LogP contribution in [0.1, 0.15) is 5.56 Å². The standard InChI is InChI=1S/C17H12N2O2/c1-10-5-7-12-15(9-10)21-17(19-12)13-8-6-11-3-2-4-14(20)16(11)18-13/h2-9,20H,1H3. The number of benzene rings is 2. The Bertz CT molecular complexity index is 973. The normalized spacial score (nSPS) is 11.3. The second-order valence-corrected chi connectivity index (χ2v) is 5.04. The molecule has 4 nitrogen and oxygen atoms in total.